The average Bonchev–Trinajstić information content (AvgIpc) is 3.05. The minimum Gasteiger partial charge on any atom is -0.508 e. The molecule has 2 aromatic carbocycles. The number of phenolic OH excluding ortho intramolecular Hbond substituents is 1. The molecule has 0 aromatic heterocycles. The average molecular weight is 673 g/mol. The number of nitrogens with two attached hydrogens (primary N) is 1. The summed E-state index contributed by atoms with van der Waals surface area (Å²) in [6.45, 7) is 1.25. The van der Waals surface area contributed by atoms with E-state index in [4.69, 9.17) is 5.73 Å². The predicted octanol–water partition coefficient (Wildman–Crippen LogP) is -2.32. The van der Waals surface area contributed by atoms with Crippen LogP contribution in [0.4, 0.5) is 0 Å². The van der Waals surface area contributed by atoms with Crippen molar-refractivity contribution in [1.29, 1.82) is 0 Å². The number of amides is 5. The lowest BCUT2D eigenvalue weighted by molar-refractivity contribution is -0.143. The summed E-state index contributed by atoms with van der Waals surface area (Å²) in [5.74, 6) is -5.58. The van der Waals surface area contributed by atoms with Gasteiger partial charge in [0.2, 0.25) is 29.5 Å². The number of hydrogen-bond acceptors (Lipinski definition) is 10. The molecule has 0 aliphatic rings. The van der Waals surface area contributed by atoms with E-state index in [0.717, 1.165) is 0 Å². The zero-order valence-corrected chi connectivity index (χ0v) is 26.7. The van der Waals surface area contributed by atoms with Crippen molar-refractivity contribution in [3.8, 4) is 5.75 Å². The second kappa shape index (κ2) is 19.6. The third-order valence-corrected chi connectivity index (χ3v) is 7.04. The predicted molar refractivity (Wildman–Crippen MR) is 172 cm³/mol. The van der Waals surface area contributed by atoms with Gasteiger partial charge in [-0.15, -0.1) is 0 Å². The van der Waals surface area contributed by atoms with Crippen LogP contribution < -0.4 is 32.3 Å². The number of carbonyl (C=O) groups is 6. The Morgan fingerprint density at radius 1 is 0.667 bits per heavy atom. The fourth-order valence-electron chi connectivity index (χ4n) is 4.48. The first-order valence-electron chi connectivity index (χ1n) is 15.2. The Morgan fingerprint density at radius 2 is 1.21 bits per heavy atom. The first-order chi connectivity index (χ1) is 22.7. The number of carboxylic acids is 1. The van der Waals surface area contributed by atoms with E-state index < -0.39 is 85.5 Å². The van der Waals surface area contributed by atoms with Gasteiger partial charge < -0.3 is 52.7 Å². The molecule has 16 nitrogen and oxygen atoms in total. The molecule has 48 heavy (non-hydrogen) atoms. The molecule has 5 amide bonds. The molecule has 0 radical (unpaired) electrons. The number of nitrogens with one attached hydrogen (secondary N) is 5. The highest BCUT2D eigenvalue weighted by molar-refractivity contribution is 5.95. The van der Waals surface area contributed by atoms with Crippen LogP contribution in [0.5, 0.6) is 5.75 Å². The van der Waals surface area contributed by atoms with Crippen molar-refractivity contribution in [3.63, 3.8) is 0 Å². The maximum absolute atomic E-state index is 13.4. The van der Waals surface area contributed by atoms with Crippen LogP contribution in [0.3, 0.4) is 0 Å². The highest BCUT2D eigenvalue weighted by Crippen LogP contribution is 2.11. The Kier molecular flexibility index (Phi) is 15.9. The molecule has 262 valence electrons. The normalized spacial score (nSPS) is 14.0. The zero-order chi connectivity index (χ0) is 35.8. The molecule has 16 heteroatoms. The van der Waals surface area contributed by atoms with Crippen molar-refractivity contribution in [1.82, 2.24) is 26.6 Å². The summed E-state index contributed by atoms with van der Waals surface area (Å²) < 4.78 is 0. The van der Waals surface area contributed by atoms with Gasteiger partial charge in [-0.25, -0.2) is 4.79 Å². The number of aliphatic hydroxyl groups excluding tert-OH is 2. The maximum Gasteiger partial charge on any atom is 0.328 e. The van der Waals surface area contributed by atoms with E-state index in [2.05, 4.69) is 26.6 Å². The summed E-state index contributed by atoms with van der Waals surface area (Å²) in [6.07, 6.45) is 0.190. The zero-order valence-electron chi connectivity index (χ0n) is 26.7. The van der Waals surface area contributed by atoms with Crippen LogP contribution in [0.1, 0.15) is 31.4 Å². The van der Waals surface area contributed by atoms with Gasteiger partial charge >= 0.3 is 5.97 Å². The molecule has 5 atom stereocenters. The first kappa shape index (κ1) is 39.1. The number of rotatable bonds is 19. The Bertz CT molecular complexity index is 1390. The standard InChI is InChI=1S/C32H44N6O10/c1-18(2)12-23(30(45)38-26(17-40)32(47)48)36-31(46)24(14-19-6-4-3-5-7-19)35-27(42)15-34-29(44)25(16-39)37-28(43)22(33)13-20-8-10-21(41)11-9-20/h3-11,18,22-26,39-41H,12-17,33H2,1-2H3,(H,34,44)(H,35,42)(H,36,46)(H,37,43)(H,38,45)(H,47,48)/t22-,23-,24-,25+,26-/m0/s1. The van der Waals surface area contributed by atoms with Gasteiger partial charge in [0.15, 0.2) is 0 Å². The molecule has 0 bridgehead atoms. The highest BCUT2D eigenvalue weighted by Gasteiger charge is 2.30. The summed E-state index contributed by atoms with van der Waals surface area (Å²) in [4.78, 5) is 75.8. The van der Waals surface area contributed by atoms with Crippen molar-refractivity contribution in [2.75, 3.05) is 19.8 Å². The van der Waals surface area contributed by atoms with Gasteiger partial charge in [0, 0.05) is 6.42 Å². The maximum atomic E-state index is 13.4. The third kappa shape index (κ3) is 13.4. The molecule has 0 aliphatic carbocycles. The minimum atomic E-state index is -1.59. The number of benzene rings is 2. The molecule has 0 heterocycles. The number of carboxylic acid groups (broad SMARTS) is 1. The van der Waals surface area contributed by atoms with Gasteiger partial charge in [0.25, 0.3) is 0 Å². The molecule has 0 aliphatic heterocycles. The second-order valence-electron chi connectivity index (χ2n) is 11.5. The van der Waals surface area contributed by atoms with E-state index >= 15 is 0 Å². The van der Waals surface area contributed by atoms with Crippen LogP contribution in [-0.4, -0.2) is 106 Å². The van der Waals surface area contributed by atoms with E-state index in [1.807, 2.05) is 0 Å². The van der Waals surface area contributed by atoms with E-state index in [9.17, 15) is 49.2 Å². The summed E-state index contributed by atoms with van der Waals surface area (Å²) in [6, 6.07) is 8.10. The third-order valence-electron chi connectivity index (χ3n) is 7.04. The first-order valence-corrected chi connectivity index (χ1v) is 15.2. The Balaban J connectivity index is 2.07. The molecule has 11 N–H and O–H groups in total. The van der Waals surface area contributed by atoms with E-state index in [1.54, 1.807) is 56.3 Å². The van der Waals surface area contributed by atoms with Crippen LogP contribution in [0.2, 0.25) is 0 Å². The fourth-order valence-corrected chi connectivity index (χ4v) is 4.48. The molecule has 0 saturated heterocycles. The fraction of sp³-hybridized carbons (Fsp3) is 0.438. The molecule has 0 fully saturated rings. The van der Waals surface area contributed by atoms with Gasteiger partial charge in [-0.2, -0.15) is 0 Å². The van der Waals surface area contributed by atoms with Crippen molar-refractivity contribution in [2.45, 2.75) is 63.3 Å². The van der Waals surface area contributed by atoms with Crippen molar-refractivity contribution >= 4 is 35.5 Å². The van der Waals surface area contributed by atoms with E-state index in [-0.39, 0.29) is 30.9 Å². The quantitative estimate of drug-likeness (QED) is 0.0756. The molecule has 0 spiro atoms. The number of aliphatic carboxylic acids is 1. The van der Waals surface area contributed by atoms with Crippen LogP contribution in [0.15, 0.2) is 54.6 Å². The number of hydrogen-bond donors (Lipinski definition) is 10. The molecule has 2 rings (SSSR count). The van der Waals surface area contributed by atoms with Gasteiger partial charge in [-0.1, -0.05) is 56.3 Å². The smallest absolute Gasteiger partial charge is 0.328 e. The molecule has 0 unspecified atom stereocenters. The summed E-state index contributed by atoms with van der Waals surface area (Å²) in [5, 5.41) is 49.5. The molecule has 0 saturated carbocycles. The Hall–Kier alpha value is -5.06. The van der Waals surface area contributed by atoms with E-state index in [0.29, 0.717) is 11.1 Å². The van der Waals surface area contributed by atoms with Gasteiger partial charge in [-0.05, 0) is 42.0 Å². The van der Waals surface area contributed by atoms with Crippen molar-refractivity contribution < 1.29 is 49.2 Å². The Morgan fingerprint density at radius 3 is 1.77 bits per heavy atom. The van der Waals surface area contributed by atoms with Crippen LogP contribution >= 0.6 is 0 Å². The molecule has 2 aromatic rings. The largest absolute Gasteiger partial charge is 0.508 e. The van der Waals surface area contributed by atoms with Crippen molar-refractivity contribution in [2.24, 2.45) is 11.7 Å². The van der Waals surface area contributed by atoms with Gasteiger partial charge in [0.05, 0.1) is 25.8 Å². The topological polar surface area (TPSA) is 270 Å². The number of aliphatic hydroxyl groups is 2. The number of phenols is 1. The van der Waals surface area contributed by atoms with Gasteiger partial charge in [0.1, 0.15) is 29.9 Å². The Labute approximate surface area is 277 Å². The lowest BCUT2D eigenvalue weighted by atomic mass is 10.0. The summed E-state index contributed by atoms with van der Waals surface area (Å²) in [7, 11) is 0. The monoisotopic (exact) mass is 672 g/mol. The lowest BCUT2D eigenvalue weighted by Crippen LogP contribution is -2.58. The summed E-state index contributed by atoms with van der Waals surface area (Å²) >= 11 is 0. The lowest BCUT2D eigenvalue weighted by Gasteiger charge is -2.25. The SMILES string of the molecule is CC(C)C[C@H](NC(=O)[C@H](Cc1ccccc1)NC(=O)CNC(=O)[C@@H](CO)NC(=O)[C@@H](N)Cc1ccc(O)cc1)C(=O)N[C@@H](CO)C(=O)O. The highest BCUT2D eigenvalue weighted by atomic mass is 16.4. The second-order valence-corrected chi connectivity index (χ2v) is 11.5. The molecular formula is C32H44N6O10. The summed E-state index contributed by atoms with van der Waals surface area (Å²) in [5.41, 5.74) is 7.24. The minimum absolute atomic E-state index is 0.00892. The number of aromatic hydroxyl groups is 1. The number of carbonyl (C=O) groups excluding carboxylic acids is 5. The van der Waals surface area contributed by atoms with Crippen molar-refractivity contribution in [3.05, 3.63) is 65.7 Å². The van der Waals surface area contributed by atoms with E-state index in [1.165, 1.54) is 12.1 Å². The van der Waals surface area contributed by atoms with Crippen LogP contribution in [-0.2, 0) is 41.6 Å². The molecular weight excluding hydrogens is 628 g/mol. The van der Waals surface area contributed by atoms with Crippen LogP contribution in [0, 0.1) is 5.92 Å². The van der Waals surface area contributed by atoms with Crippen LogP contribution in [0.25, 0.3) is 0 Å². The van der Waals surface area contributed by atoms with Gasteiger partial charge in [-0.3, -0.25) is 24.0 Å².